The lowest BCUT2D eigenvalue weighted by atomic mass is 9.71. The van der Waals surface area contributed by atoms with Crippen molar-refractivity contribution in [2.45, 2.75) is 64.7 Å². The molecule has 2 rings (SSSR count). The topological polar surface area (TPSA) is 49.3 Å². The number of hydrogen-bond acceptors (Lipinski definition) is 2. The van der Waals surface area contributed by atoms with E-state index in [-0.39, 0.29) is 23.8 Å². The van der Waals surface area contributed by atoms with Crippen LogP contribution in [0.5, 0.6) is 0 Å². The molecule has 0 saturated heterocycles. The smallest absolute Gasteiger partial charge is 0.227 e. The summed E-state index contributed by atoms with van der Waals surface area (Å²) >= 11 is 0. The molecule has 1 aromatic carbocycles. The third kappa shape index (κ3) is 4.83. The van der Waals surface area contributed by atoms with Crippen LogP contribution in [0.2, 0.25) is 0 Å². The van der Waals surface area contributed by atoms with Crippen LogP contribution < -0.4 is 5.32 Å². The van der Waals surface area contributed by atoms with Crippen LogP contribution in [0, 0.1) is 11.3 Å². The summed E-state index contributed by atoms with van der Waals surface area (Å²) in [5.41, 5.74) is 1.20. The van der Waals surface area contributed by atoms with Crippen LogP contribution >= 0.6 is 0 Å². The summed E-state index contributed by atoms with van der Waals surface area (Å²) in [5, 5.41) is 12.7. The molecule has 0 unspecified atom stereocenters. The first-order chi connectivity index (χ1) is 11.6. The average molecular weight is 331 g/mol. The van der Waals surface area contributed by atoms with Gasteiger partial charge in [-0.2, -0.15) is 0 Å². The molecule has 1 aromatic rings. The SMILES string of the molecule is CC[C@H](C)[C@@H](C(=O)NCC1(CCO)CCCCC1)c1ccccc1. The molecule has 0 aromatic heterocycles. The monoisotopic (exact) mass is 331 g/mol. The van der Waals surface area contributed by atoms with Crippen LogP contribution in [0.3, 0.4) is 0 Å². The molecule has 1 aliphatic carbocycles. The van der Waals surface area contributed by atoms with Gasteiger partial charge in [0.05, 0.1) is 5.92 Å². The summed E-state index contributed by atoms with van der Waals surface area (Å²) in [6.07, 6.45) is 7.72. The summed E-state index contributed by atoms with van der Waals surface area (Å²) in [6, 6.07) is 10.1. The summed E-state index contributed by atoms with van der Waals surface area (Å²) in [7, 11) is 0. The molecule has 0 spiro atoms. The van der Waals surface area contributed by atoms with Crippen LogP contribution in [-0.4, -0.2) is 24.2 Å². The highest BCUT2D eigenvalue weighted by molar-refractivity contribution is 5.84. The maximum Gasteiger partial charge on any atom is 0.227 e. The lowest BCUT2D eigenvalue weighted by Gasteiger charge is -2.37. The van der Waals surface area contributed by atoms with E-state index < -0.39 is 0 Å². The maximum absolute atomic E-state index is 13.0. The Kier molecular flexibility index (Phi) is 7.29. The summed E-state index contributed by atoms with van der Waals surface area (Å²) in [4.78, 5) is 13.0. The van der Waals surface area contributed by atoms with Crippen LogP contribution in [0.25, 0.3) is 0 Å². The minimum Gasteiger partial charge on any atom is -0.396 e. The van der Waals surface area contributed by atoms with Crippen LogP contribution in [0.1, 0.15) is 70.3 Å². The summed E-state index contributed by atoms with van der Waals surface area (Å²) in [5.74, 6) is 0.358. The van der Waals surface area contributed by atoms with Crippen molar-refractivity contribution in [3.05, 3.63) is 35.9 Å². The van der Waals surface area contributed by atoms with Gasteiger partial charge in [-0.3, -0.25) is 4.79 Å². The number of hydrogen-bond donors (Lipinski definition) is 2. The zero-order valence-electron chi connectivity index (χ0n) is 15.3. The van der Waals surface area contributed by atoms with Gasteiger partial charge in [-0.15, -0.1) is 0 Å². The van der Waals surface area contributed by atoms with Gasteiger partial charge in [0.15, 0.2) is 0 Å². The Labute approximate surface area is 146 Å². The number of benzene rings is 1. The van der Waals surface area contributed by atoms with E-state index in [1.807, 2.05) is 18.2 Å². The molecule has 0 heterocycles. The summed E-state index contributed by atoms with van der Waals surface area (Å²) in [6.45, 7) is 5.21. The zero-order chi connectivity index (χ0) is 17.4. The van der Waals surface area contributed by atoms with E-state index >= 15 is 0 Å². The van der Waals surface area contributed by atoms with Gasteiger partial charge in [0.2, 0.25) is 5.91 Å². The Morgan fingerprint density at radius 2 is 1.88 bits per heavy atom. The molecule has 3 nitrogen and oxygen atoms in total. The third-order valence-corrected chi connectivity index (χ3v) is 5.85. The molecule has 0 radical (unpaired) electrons. The second-order valence-electron chi connectivity index (χ2n) is 7.53. The van der Waals surface area contributed by atoms with Crippen molar-refractivity contribution >= 4 is 5.91 Å². The van der Waals surface area contributed by atoms with E-state index in [4.69, 9.17) is 0 Å². The molecular weight excluding hydrogens is 298 g/mol. The Morgan fingerprint density at radius 3 is 2.46 bits per heavy atom. The highest BCUT2D eigenvalue weighted by Crippen LogP contribution is 2.39. The quantitative estimate of drug-likeness (QED) is 0.747. The van der Waals surface area contributed by atoms with E-state index in [1.54, 1.807) is 0 Å². The molecule has 24 heavy (non-hydrogen) atoms. The van der Waals surface area contributed by atoms with Crippen LogP contribution in [0.15, 0.2) is 30.3 Å². The molecule has 2 atom stereocenters. The van der Waals surface area contributed by atoms with Gasteiger partial charge in [0, 0.05) is 13.2 Å². The normalized spacial score (nSPS) is 19.5. The molecule has 134 valence electrons. The van der Waals surface area contributed by atoms with Gasteiger partial charge in [-0.1, -0.05) is 69.9 Å². The van der Waals surface area contributed by atoms with Crippen molar-refractivity contribution in [3.63, 3.8) is 0 Å². The second-order valence-corrected chi connectivity index (χ2v) is 7.53. The van der Waals surface area contributed by atoms with E-state index in [0.717, 1.165) is 31.2 Å². The molecule has 1 saturated carbocycles. The van der Waals surface area contributed by atoms with Gasteiger partial charge in [-0.25, -0.2) is 0 Å². The Bertz CT molecular complexity index is 488. The van der Waals surface area contributed by atoms with Crippen molar-refractivity contribution in [1.82, 2.24) is 5.32 Å². The van der Waals surface area contributed by atoms with Gasteiger partial charge in [0.1, 0.15) is 0 Å². The van der Waals surface area contributed by atoms with Crippen molar-refractivity contribution in [3.8, 4) is 0 Å². The maximum atomic E-state index is 13.0. The number of aliphatic hydroxyl groups is 1. The highest BCUT2D eigenvalue weighted by atomic mass is 16.3. The van der Waals surface area contributed by atoms with Gasteiger partial charge in [-0.05, 0) is 36.2 Å². The first-order valence-corrected chi connectivity index (χ1v) is 9.55. The lowest BCUT2D eigenvalue weighted by Crippen LogP contribution is -2.42. The largest absolute Gasteiger partial charge is 0.396 e. The fraction of sp³-hybridized carbons (Fsp3) is 0.667. The molecule has 0 aliphatic heterocycles. The molecule has 3 heteroatoms. The molecule has 1 fully saturated rings. The number of carbonyl (C=O) groups is 1. The fourth-order valence-corrected chi connectivity index (χ4v) is 4.07. The van der Waals surface area contributed by atoms with Crippen LogP contribution in [0.4, 0.5) is 0 Å². The predicted molar refractivity (Wildman–Crippen MR) is 98.9 cm³/mol. The van der Waals surface area contributed by atoms with Crippen molar-refractivity contribution in [1.29, 1.82) is 0 Å². The van der Waals surface area contributed by atoms with Crippen molar-refractivity contribution in [2.24, 2.45) is 11.3 Å². The minimum atomic E-state index is -0.0917. The van der Waals surface area contributed by atoms with E-state index in [0.29, 0.717) is 12.5 Å². The summed E-state index contributed by atoms with van der Waals surface area (Å²) < 4.78 is 0. The molecule has 1 aliphatic rings. The first-order valence-electron chi connectivity index (χ1n) is 9.55. The highest BCUT2D eigenvalue weighted by Gasteiger charge is 2.33. The van der Waals surface area contributed by atoms with E-state index in [2.05, 4.69) is 31.3 Å². The number of aliphatic hydroxyl groups excluding tert-OH is 1. The molecule has 0 bridgehead atoms. The van der Waals surface area contributed by atoms with Crippen molar-refractivity contribution in [2.75, 3.05) is 13.2 Å². The van der Waals surface area contributed by atoms with E-state index in [9.17, 15) is 9.90 Å². The predicted octanol–water partition coefficient (Wildman–Crippen LogP) is 4.27. The Hall–Kier alpha value is -1.35. The molecular formula is C21H33NO2. The van der Waals surface area contributed by atoms with Crippen LogP contribution in [-0.2, 0) is 4.79 Å². The Balaban J connectivity index is 2.07. The third-order valence-electron chi connectivity index (χ3n) is 5.85. The average Bonchev–Trinajstić information content (AvgIpc) is 2.62. The number of amides is 1. The van der Waals surface area contributed by atoms with Gasteiger partial charge < -0.3 is 10.4 Å². The lowest BCUT2D eigenvalue weighted by molar-refractivity contribution is -0.124. The fourth-order valence-electron chi connectivity index (χ4n) is 4.07. The zero-order valence-corrected chi connectivity index (χ0v) is 15.3. The van der Waals surface area contributed by atoms with E-state index in [1.165, 1.54) is 19.3 Å². The number of rotatable bonds is 8. The second kappa shape index (κ2) is 9.22. The molecule has 2 N–H and O–H groups in total. The Morgan fingerprint density at radius 1 is 1.21 bits per heavy atom. The first kappa shape index (κ1) is 19.0. The van der Waals surface area contributed by atoms with Gasteiger partial charge >= 0.3 is 0 Å². The number of carbonyl (C=O) groups excluding carboxylic acids is 1. The van der Waals surface area contributed by atoms with Crippen molar-refractivity contribution < 1.29 is 9.90 Å². The molecule has 1 amide bonds. The standard InChI is InChI=1S/C21H33NO2/c1-3-17(2)19(18-10-6-4-7-11-18)20(24)22-16-21(14-15-23)12-8-5-9-13-21/h4,6-7,10-11,17,19,23H,3,5,8-9,12-16H2,1-2H3,(H,22,24)/t17-,19+/m0/s1. The number of nitrogens with one attached hydrogen (secondary N) is 1. The van der Waals surface area contributed by atoms with Gasteiger partial charge in [0.25, 0.3) is 0 Å². The minimum absolute atomic E-state index is 0.0917.